The van der Waals surface area contributed by atoms with Crippen LogP contribution < -0.4 is 9.64 Å². The number of aryl methyl sites for hydroxylation is 1. The number of nitrogens with zero attached hydrogens (tertiary/aromatic N) is 5. The topological polar surface area (TPSA) is 157 Å². The van der Waals surface area contributed by atoms with E-state index < -0.39 is 39.9 Å². The maximum absolute atomic E-state index is 13.2. The maximum Gasteiger partial charge on any atom is 0.326 e. The highest BCUT2D eigenvalue weighted by Gasteiger charge is 2.28. The lowest BCUT2D eigenvalue weighted by molar-refractivity contribution is -0.158. The van der Waals surface area contributed by atoms with E-state index in [1.54, 1.807) is 46.4 Å². The number of anilines is 1. The van der Waals surface area contributed by atoms with Crippen LogP contribution in [0.2, 0.25) is 0 Å². The highest BCUT2D eigenvalue weighted by Crippen LogP contribution is 2.33. The van der Waals surface area contributed by atoms with E-state index in [1.807, 2.05) is 92.3 Å². The van der Waals surface area contributed by atoms with Gasteiger partial charge in [-0.2, -0.15) is 0 Å². The Morgan fingerprint density at radius 2 is 0.797 bits per heavy atom. The number of hydrogen-bond acceptors (Lipinski definition) is 16. The highest BCUT2D eigenvalue weighted by atomic mass is 16.6. The van der Waals surface area contributed by atoms with Crippen LogP contribution in [0.25, 0.3) is 0 Å². The Labute approximate surface area is 384 Å². The number of carbonyl (C=O) groups is 5. The van der Waals surface area contributed by atoms with Crippen molar-refractivity contribution in [2.24, 2.45) is 0 Å². The highest BCUT2D eigenvalue weighted by molar-refractivity contribution is 5.84. The largest absolute Gasteiger partial charge is 0.491 e. The van der Waals surface area contributed by atoms with E-state index in [9.17, 15) is 24.0 Å². The Bertz CT molecular complexity index is 1590. The molecule has 1 aromatic rings. The van der Waals surface area contributed by atoms with Gasteiger partial charge in [0.2, 0.25) is 0 Å². The predicted octanol–water partition coefficient (Wildman–Crippen LogP) is 5.50. The van der Waals surface area contributed by atoms with Crippen LogP contribution in [0.15, 0.2) is 18.2 Å². The third-order valence-electron chi connectivity index (χ3n) is 9.12. The lowest BCUT2D eigenvalue weighted by Gasteiger charge is -2.34. The molecule has 0 atom stereocenters. The molecule has 0 amide bonds. The number of carbonyl (C=O) groups excluding carboxylic acids is 5. The molecule has 0 unspecified atom stereocenters. The molecule has 64 heavy (non-hydrogen) atoms. The second-order valence-corrected chi connectivity index (χ2v) is 21.6. The van der Waals surface area contributed by atoms with Gasteiger partial charge in [0.25, 0.3) is 0 Å². The minimum Gasteiger partial charge on any atom is -0.491 e. The molecule has 0 aromatic heterocycles. The molecule has 16 heteroatoms. The van der Waals surface area contributed by atoms with E-state index in [4.69, 9.17) is 28.4 Å². The molecule has 16 nitrogen and oxygen atoms in total. The van der Waals surface area contributed by atoms with Gasteiger partial charge in [-0.05, 0) is 129 Å². The van der Waals surface area contributed by atoms with Crippen molar-refractivity contribution in [3.05, 3.63) is 23.8 Å². The average Bonchev–Trinajstić information content (AvgIpc) is 3.06. The van der Waals surface area contributed by atoms with E-state index >= 15 is 0 Å². The maximum atomic E-state index is 13.2. The van der Waals surface area contributed by atoms with Gasteiger partial charge in [-0.25, -0.2) is 0 Å². The lowest BCUT2D eigenvalue weighted by Crippen LogP contribution is -2.49. The minimum atomic E-state index is -0.718. The predicted molar refractivity (Wildman–Crippen MR) is 248 cm³/mol. The Balaban J connectivity index is 2.38. The van der Waals surface area contributed by atoms with Gasteiger partial charge in [0, 0.05) is 58.9 Å². The van der Waals surface area contributed by atoms with Crippen LogP contribution in [0.3, 0.4) is 0 Å². The summed E-state index contributed by atoms with van der Waals surface area (Å²) in [5.41, 5.74) is -1.95. The van der Waals surface area contributed by atoms with Crippen LogP contribution in [0.1, 0.15) is 116 Å². The first kappa shape index (κ1) is 56.1. The smallest absolute Gasteiger partial charge is 0.326 e. The number of benzene rings is 1. The van der Waals surface area contributed by atoms with Gasteiger partial charge in [-0.1, -0.05) is 12.1 Å². The fourth-order valence-electron chi connectivity index (χ4n) is 6.84. The number of esters is 5. The van der Waals surface area contributed by atoms with Crippen molar-refractivity contribution in [1.29, 1.82) is 0 Å². The molecule has 0 saturated carbocycles. The molecule has 0 spiro atoms. The molecule has 1 fully saturated rings. The second-order valence-electron chi connectivity index (χ2n) is 21.6. The molecule has 0 bridgehead atoms. The zero-order chi connectivity index (χ0) is 48.7. The molecule has 1 aliphatic heterocycles. The van der Waals surface area contributed by atoms with E-state index in [0.717, 1.165) is 5.56 Å². The molecule has 1 saturated heterocycles. The van der Waals surface area contributed by atoms with Crippen LogP contribution in [-0.4, -0.2) is 176 Å². The van der Waals surface area contributed by atoms with Crippen molar-refractivity contribution in [1.82, 2.24) is 19.6 Å². The van der Waals surface area contributed by atoms with Crippen molar-refractivity contribution in [3.63, 3.8) is 0 Å². The molecule has 1 aromatic carbocycles. The van der Waals surface area contributed by atoms with Gasteiger partial charge >= 0.3 is 29.8 Å². The van der Waals surface area contributed by atoms with Crippen molar-refractivity contribution in [2.45, 2.75) is 145 Å². The molecular weight excluding hydrogens is 823 g/mol. The summed E-state index contributed by atoms with van der Waals surface area (Å²) in [6.07, 6.45) is 0.618. The van der Waals surface area contributed by atoms with E-state index in [2.05, 4.69) is 14.7 Å². The third kappa shape index (κ3) is 25.5. The average molecular weight is 906 g/mol. The standard InChI is InChI=1S/C48H83N5O11/c1-36-19-17-20-37(43(36)53(34-41(57)63-47(11,12)13)35-42(58)64-48(14,15)16)59-30-18-21-49-22-24-50(31-38(54)60-44(2,3)4)26-28-52(33-40(56)62-46(8,9)10)29-27-51(25-23-49)32-39(55)61-45(5,6)7/h17,19-20H,18,21-35H2,1-16H3. The van der Waals surface area contributed by atoms with E-state index in [1.165, 1.54) is 0 Å². The van der Waals surface area contributed by atoms with E-state index in [-0.39, 0.29) is 50.6 Å². The van der Waals surface area contributed by atoms with Gasteiger partial charge in [0.1, 0.15) is 46.8 Å². The number of para-hydroxylation sites is 1. The number of ether oxygens (including phenoxy) is 6. The molecule has 1 heterocycles. The zero-order valence-electron chi connectivity index (χ0n) is 42.3. The zero-order valence-corrected chi connectivity index (χ0v) is 42.3. The Hall–Kier alpha value is -3.99. The summed E-state index contributed by atoms with van der Waals surface area (Å²) < 4.78 is 34.8. The normalized spacial score (nSPS) is 16.2. The summed E-state index contributed by atoms with van der Waals surface area (Å²) in [4.78, 5) is 75.7. The van der Waals surface area contributed by atoms with Crippen LogP contribution >= 0.6 is 0 Å². The molecule has 2 rings (SSSR count). The van der Waals surface area contributed by atoms with Gasteiger partial charge in [-0.3, -0.25) is 38.7 Å². The summed E-state index contributed by atoms with van der Waals surface area (Å²) in [7, 11) is 0. The Morgan fingerprint density at radius 3 is 1.12 bits per heavy atom. The summed E-state index contributed by atoms with van der Waals surface area (Å²) in [5.74, 6) is -1.47. The van der Waals surface area contributed by atoms with Crippen molar-refractivity contribution in [3.8, 4) is 5.75 Å². The first-order valence-corrected chi connectivity index (χ1v) is 22.7. The number of hydrogen-bond donors (Lipinski definition) is 0. The van der Waals surface area contributed by atoms with Crippen molar-refractivity contribution in [2.75, 3.05) is 103 Å². The van der Waals surface area contributed by atoms with Crippen molar-refractivity contribution >= 4 is 35.5 Å². The van der Waals surface area contributed by atoms with Gasteiger partial charge in [0.15, 0.2) is 0 Å². The van der Waals surface area contributed by atoms with Gasteiger partial charge < -0.3 is 38.2 Å². The first-order chi connectivity index (χ1) is 29.3. The molecule has 0 aliphatic carbocycles. The summed E-state index contributed by atoms with van der Waals surface area (Å²) in [6, 6.07) is 5.60. The first-order valence-electron chi connectivity index (χ1n) is 22.7. The molecular formula is C48H83N5O11. The van der Waals surface area contributed by atoms with Crippen LogP contribution in [0.4, 0.5) is 5.69 Å². The van der Waals surface area contributed by atoms with Crippen LogP contribution in [0.5, 0.6) is 5.75 Å². The molecule has 0 radical (unpaired) electrons. The quantitative estimate of drug-likeness (QED) is 0.116. The fourth-order valence-corrected chi connectivity index (χ4v) is 6.84. The summed E-state index contributed by atoms with van der Waals surface area (Å²) in [6.45, 7) is 34.3. The van der Waals surface area contributed by atoms with Crippen LogP contribution in [0, 0.1) is 6.92 Å². The summed E-state index contributed by atoms with van der Waals surface area (Å²) in [5, 5.41) is 0. The second kappa shape index (κ2) is 24.5. The van der Waals surface area contributed by atoms with Crippen molar-refractivity contribution < 1.29 is 52.4 Å². The van der Waals surface area contributed by atoms with E-state index in [0.29, 0.717) is 83.4 Å². The Kier molecular flexibility index (Phi) is 21.5. The monoisotopic (exact) mass is 906 g/mol. The SMILES string of the molecule is Cc1cccc(OCCCN2CCN(CC(=O)OC(C)(C)C)CCN(CC(=O)OC(C)(C)C)CCN(CC(=O)OC(C)(C)C)CC2)c1N(CC(=O)OC(C)(C)C)CC(=O)OC(C)(C)C. The molecule has 0 N–H and O–H groups in total. The number of rotatable bonds is 16. The van der Waals surface area contributed by atoms with Gasteiger partial charge in [0.05, 0.1) is 31.9 Å². The minimum absolute atomic E-state index is 0.0619. The summed E-state index contributed by atoms with van der Waals surface area (Å²) >= 11 is 0. The van der Waals surface area contributed by atoms with Crippen LogP contribution in [-0.2, 0) is 47.7 Å². The third-order valence-corrected chi connectivity index (χ3v) is 9.12. The molecule has 1 aliphatic rings. The van der Waals surface area contributed by atoms with Gasteiger partial charge in [-0.15, -0.1) is 0 Å². The lowest BCUT2D eigenvalue weighted by atomic mass is 10.1. The molecule has 366 valence electrons. The fraction of sp³-hybridized carbons (Fsp3) is 0.771. The Morgan fingerprint density at radius 1 is 0.484 bits per heavy atom.